The third-order valence-electron chi connectivity index (χ3n) is 2.72. The Morgan fingerprint density at radius 1 is 1.33 bits per heavy atom. The van der Waals surface area contributed by atoms with E-state index in [2.05, 4.69) is 23.5 Å². The van der Waals surface area contributed by atoms with Crippen molar-refractivity contribution in [3.05, 3.63) is 17.5 Å². The molecule has 0 aliphatic rings. The molecule has 0 saturated carbocycles. The summed E-state index contributed by atoms with van der Waals surface area (Å²) >= 11 is 0. The number of methoxy groups -OCH3 is 1. The molecule has 5 nitrogen and oxygen atoms in total. The molecule has 0 aromatic carbocycles. The van der Waals surface area contributed by atoms with Crippen LogP contribution >= 0.6 is 0 Å². The molecule has 1 rings (SSSR count). The van der Waals surface area contributed by atoms with Gasteiger partial charge in [-0.15, -0.1) is 0 Å². The molecule has 0 spiro atoms. The first-order valence-electron chi connectivity index (χ1n) is 6.56. The van der Waals surface area contributed by atoms with Gasteiger partial charge in [0, 0.05) is 39.1 Å². The molecule has 18 heavy (non-hydrogen) atoms. The van der Waals surface area contributed by atoms with Crippen molar-refractivity contribution in [3.8, 4) is 0 Å². The molecule has 0 fully saturated rings. The second-order valence-electron chi connectivity index (χ2n) is 4.26. The van der Waals surface area contributed by atoms with Gasteiger partial charge in [0.25, 0.3) is 0 Å². The molecule has 0 radical (unpaired) electrons. The van der Waals surface area contributed by atoms with Crippen molar-refractivity contribution < 1.29 is 9.47 Å². The number of rotatable bonds is 10. The molecule has 104 valence electrons. The van der Waals surface area contributed by atoms with E-state index in [9.17, 15) is 0 Å². The summed E-state index contributed by atoms with van der Waals surface area (Å²) in [6.45, 7) is 6.11. The average molecular weight is 255 g/mol. The van der Waals surface area contributed by atoms with Crippen LogP contribution in [0.1, 0.15) is 24.6 Å². The maximum absolute atomic E-state index is 5.39. The Balaban J connectivity index is 2.06. The highest BCUT2D eigenvalue weighted by molar-refractivity contribution is 5.16. The first kappa shape index (κ1) is 15.1. The van der Waals surface area contributed by atoms with E-state index in [1.54, 1.807) is 7.11 Å². The Kier molecular flexibility index (Phi) is 7.64. The van der Waals surface area contributed by atoms with Gasteiger partial charge in [0.15, 0.2) is 0 Å². The second kappa shape index (κ2) is 9.08. The summed E-state index contributed by atoms with van der Waals surface area (Å²) in [6.07, 6.45) is 4.09. The fraction of sp³-hybridized carbons (Fsp3) is 0.769. The number of ether oxygens (including phenoxy) is 2. The highest BCUT2D eigenvalue weighted by Crippen LogP contribution is 2.06. The van der Waals surface area contributed by atoms with E-state index in [4.69, 9.17) is 9.47 Å². The van der Waals surface area contributed by atoms with Crippen molar-refractivity contribution in [2.75, 3.05) is 33.5 Å². The second-order valence-corrected chi connectivity index (χ2v) is 4.26. The molecular weight excluding hydrogens is 230 g/mol. The van der Waals surface area contributed by atoms with Gasteiger partial charge in [0.05, 0.1) is 18.9 Å². The summed E-state index contributed by atoms with van der Waals surface area (Å²) in [4.78, 5) is 0. The van der Waals surface area contributed by atoms with Gasteiger partial charge in [-0.2, -0.15) is 5.10 Å². The van der Waals surface area contributed by atoms with Gasteiger partial charge in [-0.1, -0.05) is 6.92 Å². The van der Waals surface area contributed by atoms with Crippen molar-refractivity contribution in [1.82, 2.24) is 15.1 Å². The number of hydrogen-bond donors (Lipinski definition) is 1. The van der Waals surface area contributed by atoms with Crippen LogP contribution in [-0.2, 0) is 29.5 Å². The minimum Gasteiger partial charge on any atom is -0.382 e. The van der Waals surface area contributed by atoms with E-state index in [1.165, 1.54) is 11.3 Å². The number of aromatic nitrogens is 2. The summed E-state index contributed by atoms with van der Waals surface area (Å²) < 4.78 is 12.2. The molecule has 0 saturated heterocycles. The van der Waals surface area contributed by atoms with E-state index in [-0.39, 0.29) is 0 Å². The molecule has 0 amide bonds. The molecule has 0 bridgehead atoms. The number of nitrogens with one attached hydrogen (secondary N) is 1. The van der Waals surface area contributed by atoms with Crippen molar-refractivity contribution in [2.24, 2.45) is 7.05 Å². The lowest BCUT2D eigenvalue weighted by Gasteiger charge is -2.05. The molecule has 1 N–H and O–H groups in total. The monoisotopic (exact) mass is 255 g/mol. The van der Waals surface area contributed by atoms with Crippen LogP contribution in [0.5, 0.6) is 0 Å². The van der Waals surface area contributed by atoms with Crippen molar-refractivity contribution in [2.45, 2.75) is 26.3 Å². The molecule has 0 unspecified atom stereocenters. The van der Waals surface area contributed by atoms with Gasteiger partial charge in [0.2, 0.25) is 0 Å². The highest BCUT2D eigenvalue weighted by atomic mass is 16.5. The van der Waals surface area contributed by atoms with E-state index in [0.29, 0.717) is 13.2 Å². The topological polar surface area (TPSA) is 48.3 Å². The maximum atomic E-state index is 5.39. The summed E-state index contributed by atoms with van der Waals surface area (Å²) in [6, 6.07) is 0. The Morgan fingerprint density at radius 3 is 2.89 bits per heavy atom. The molecule has 0 aliphatic carbocycles. The van der Waals surface area contributed by atoms with E-state index >= 15 is 0 Å². The van der Waals surface area contributed by atoms with Crippen molar-refractivity contribution >= 4 is 0 Å². The van der Waals surface area contributed by atoms with E-state index < -0.39 is 0 Å². The predicted molar refractivity (Wildman–Crippen MR) is 71.6 cm³/mol. The molecule has 0 atom stereocenters. The summed E-state index contributed by atoms with van der Waals surface area (Å²) in [5.41, 5.74) is 2.47. The lowest BCUT2D eigenvalue weighted by molar-refractivity contribution is 0.0695. The van der Waals surface area contributed by atoms with Crippen LogP contribution < -0.4 is 5.32 Å². The lowest BCUT2D eigenvalue weighted by atomic mass is 10.2. The van der Waals surface area contributed by atoms with E-state index in [1.807, 2.05) is 11.7 Å². The van der Waals surface area contributed by atoms with Gasteiger partial charge < -0.3 is 14.8 Å². The smallest absolute Gasteiger partial charge is 0.0700 e. The van der Waals surface area contributed by atoms with Gasteiger partial charge in [0.1, 0.15) is 0 Å². The quantitative estimate of drug-likeness (QED) is 0.637. The molecule has 1 heterocycles. The van der Waals surface area contributed by atoms with Crippen LogP contribution in [0.15, 0.2) is 6.20 Å². The molecule has 1 aromatic rings. The van der Waals surface area contributed by atoms with Gasteiger partial charge in [-0.3, -0.25) is 4.68 Å². The Hall–Kier alpha value is -0.910. The Bertz CT molecular complexity index is 326. The standard InChI is InChI=1S/C13H25N3O2/c1-4-13-12(11-16(2)15-13)10-14-6-5-7-18-9-8-17-3/h11,14H,4-10H2,1-3H3. The summed E-state index contributed by atoms with van der Waals surface area (Å²) in [5.74, 6) is 0. The summed E-state index contributed by atoms with van der Waals surface area (Å²) in [7, 11) is 3.65. The number of aryl methyl sites for hydroxylation is 2. The SMILES string of the molecule is CCc1nn(C)cc1CNCCCOCCOC. The van der Waals surface area contributed by atoms with Crippen LogP contribution in [0.2, 0.25) is 0 Å². The van der Waals surface area contributed by atoms with Crippen LogP contribution in [-0.4, -0.2) is 43.3 Å². The lowest BCUT2D eigenvalue weighted by Crippen LogP contribution is -2.17. The van der Waals surface area contributed by atoms with Crippen LogP contribution in [0.25, 0.3) is 0 Å². The zero-order valence-electron chi connectivity index (χ0n) is 11.7. The average Bonchev–Trinajstić information content (AvgIpc) is 2.73. The summed E-state index contributed by atoms with van der Waals surface area (Å²) in [5, 5.41) is 7.83. The normalized spacial score (nSPS) is 11.1. The van der Waals surface area contributed by atoms with Gasteiger partial charge >= 0.3 is 0 Å². The highest BCUT2D eigenvalue weighted by Gasteiger charge is 2.04. The van der Waals surface area contributed by atoms with Crippen LogP contribution in [0, 0.1) is 0 Å². The van der Waals surface area contributed by atoms with Crippen molar-refractivity contribution in [1.29, 1.82) is 0 Å². The Morgan fingerprint density at radius 2 is 2.17 bits per heavy atom. The largest absolute Gasteiger partial charge is 0.382 e. The number of nitrogens with zero attached hydrogens (tertiary/aromatic N) is 2. The first-order valence-corrected chi connectivity index (χ1v) is 6.56. The Labute approximate surface area is 109 Å². The third-order valence-corrected chi connectivity index (χ3v) is 2.72. The van der Waals surface area contributed by atoms with Crippen molar-refractivity contribution in [3.63, 3.8) is 0 Å². The molecule has 0 aliphatic heterocycles. The molecule has 1 aromatic heterocycles. The minimum atomic E-state index is 0.670. The van der Waals surface area contributed by atoms with Gasteiger partial charge in [-0.05, 0) is 19.4 Å². The predicted octanol–water partition coefficient (Wildman–Crippen LogP) is 1.13. The zero-order valence-corrected chi connectivity index (χ0v) is 11.7. The minimum absolute atomic E-state index is 0.670. The number of hydrogen-bond acceptors (Lipinski definition) is 4. The molecular formula is C13H25N3O2. The third kappa shape index (κ3) is 5.62. The first-order chi connectivity index (χ1) is 8.77. The maximum Gasteiger partial charge on any atom is 0.0700 e. The van der Waals surface area contributed by atoms with Gasteiger partial charge in [-0.25, -0.2) is 0 Å². The molecule has 5 heteroatoms. The zero-order chi connectivity index (χ0) is 13.2. The van der Waals surface area contributed by atoms with E-state index in [0.717, 1.165) is 32.5 Å². The fourth-order valence-electron chi connectivity index (χ4n) is 1.80. The van der Waals surface area contributed by atoms with Crippen LogP contribution in [0.3, 0.4) is 0 Å². The fourth-order valence-corrected chi connectivity index (χ4v) is 1.80. The van der Waals surface area contributed by atoms with Crippen LogP contribution in [0.4, 0.5) is 0 Å².